The van der Waals surface area contributed by atoms with E-state index in [4.69, 9.17) is 5.73 Å². The summed E-state index contributed by atoms with van der Waals surface area (Å²) in [5.41, 5.74) is 4.71. The van der Waals surface area contributed by atoms with E-state index in [1.54, 1.807) is 27.3 Å². The van der Waals surface area contributed by atoms with Crippen LogP contribution < -0.4 is 16.0 Å². The van der Waals surface area contributed by atoms with E-state index in [1.807, 2.05) is 11.0 Å². The summed E-state index contributed by atoms with van der Waals surface area (Å²) in [6, 6.07) is 4.04. The number of halogens is 3. The van der Waals surface area contributed by atoms with Gasteiger partial charge in [0, 0.05) is 32.1 Å². The number of likely N-dealkylation sites (N-methyl/N-ethyl adjacent to an activating group) is 2. The van der Waals surface area contributed by atoms with Gasteiger partial charge in [-0.15, -0.1) is 11.8 Å². The van der Waals surface area contributed by atoms with Crippen molar-refractivity contribution >= 4 is 35.2 Å². The average molecular weight is 540 g/mol. The van der Waals surface area contributed by atoms with E-state index >= 15 is 0 Å². The molecule has 0 radical (unpaired) electrons. The maximum absolute atomic E-state index is 13.5. The van der Waals surface area contributed by atoms with Crippen LogP contribution in [-0.2, 0) is 17.4 Å². The van der Waals surface area contributed by atoms with Crippen LogP contribution in [0.1, 0.15) is 41.4 Å². The van der Waals surface area contributed by atoms with Gasteiger partial charge in [0.05, 0.1) is 11.6 Å². The number of rotatable bonds is 10. The van der Waals surface area contributed by atoms with Crippen LogP contribution in [0.5, 0.6) is 0 Å². The molecule has 1 aromatic heterocycles. The van der Waals surface area contributed by atoms with Gasteiger partial charge in [-0.1, -0.05) is 7.43 Å². The van der Waals surface area contributed by atoms with Crippen molar-refractivity contribution in [1.82, 2.24) is 20.2 Å². The smallest absolute Gasteiger partial charge is 0.368 e. The number of Topliss-reactive ketones (excluding diaryl/α,β-unsaturated/α-hetero) is 1. The highest BCUT2D eigenvalue weighted by Gasteiger charge is 2.32. The fourth-order valence-electron chi connectivity index (χ4n) is 3.28. The summed E-state index contributed by atoms with van der Waals surface area (Å²) >= 11 is 1.19. The highest BCUT2D eigenvalue weighted by molar-refractivity contribution is 7.98. The molecule has 1 heterocycles. The topological polar surface area (TPSA) is 128 Å². The third-order valence-electron chi connectivity index (χ3n) is 5.37. The molecule has 0 aliphatic carbocycles. The zero-order valence-corrected chi connectivity index (χ0v) is 21.4. The molecule has 1 amide bonds. The van der Waals surface area contributed by atoms with Crippen LogP contribution in [0.15, 0.2) is 23.2 Å². The highest BCUT2D eigenvalue weighted by atomic mass is 32.2. The number of amides is 1. The number of thioether (sulfide) groups is 1. The number of carbonyl (C=O) groups is 2. The van der Waals surface area contributed by atoms with Gasteiger partial charge in [-0.3, -0.25) is 9.59 Å². The van der Waals surface area contributed by atoms with Gasteiger partial charge in [-0.25, -0.2) is 4.98 Å². The molecule has 0 fully saturated rings. The van der Waals surface area contributed by atoms with E-state index < -0.39 is 29.5 Å². The number of nitrogens with zero attached hydrogens (tertiary/aromatic N) is 5. The quantitative estimate of drug-likeness (QED) is 0.345. The minimum Gasteiger partial charge on any atom is -0.368 e. The van der Waals surface area contributed by atoms with Gasteiger partial charge >= 0.3 is 6.18 Å². The maximum atomic E-state index is 13.5. The zero-order valence-electron chi connectivity index (χ0n) is 20.6. The van der Waals surface area contributed by atoms with Crippen LogP contribution in [0.2, 0.25) is 0 Å². The second kappa shape index (κ2) is 13.3. The lowest BCUT2D eigenvalue weighted by Gasteiger charge is -2.26. The van der Waals surface area contributed by atoms with E-state index in [0.29, 0.717) is 11.6 Å². The number of hydrogen-bond donors (Lipinski definition) is 2. The fourth-order valence-corrected chi connectivity index (χ4v) is 3.80. The summed E-state index contributed by atoms with van der Waals surface area (Å²) in [5.74, 6) is -1.05. The predicted octanol–water partition coefficient (Wildman–Crippen LogP) is 3.24. The van der Waals surface area contributed by atoms with E-state index in [2.05, 4.69) is 15.3 Å². The maximum Gasteiger partial charge on any atom is 0.416 e. The average Bonchev–Trinajstić information content (AvgIpc) is 2.81. The van der Waals surface area contributed by atoms with Crippen LogP contribution in [0.25, 0.3) is 0 Å². The van der Waals surface area contributed by atoms with Crippen molar-refractivity contribution in [3.8, 4) is 6.07 Å². The number of anilines is 2. The molecule has 1 atom stereocenters. The fraction of sp³-hybridized carbons (Fsp3) is 0.458. The van der Waals surface area contributed by atoms with Crippen molar-refractivity contribution in [2.24, 2.45) is 0 Å². The largest absolute Gasteiger partial charge is 0.416 e. The zero-order chi connectivity index (χ0) is 27.2. The van der Waals surface area contributed by atoms with E-state index in [9.17, 15) is 28.0 Å². The lowest BCUT2D eigenvalue weighted by Crippen LogP contribution is -2.38. The Kier molecular flexibility index (Phi) is 11.3. The molecular formula is C24H32F3N7O2S. The molecule has 0 spiro atoms. The van der Waals surface area contributed by atoms with Crippen molar-refractivity contribution < 1.29 is 22.8 Å². The first-order valence-corrected chi connectivity index (χ1v) is 12.0. The normalized spacial score (nSPS) is 11.9. The minimum atomic E-state index is -4.70. The summed E-state index contributed by atoms with van der Waals surface area (Å²) in [5, 5.41) is 12.5. The Bertz CT molecular complexity index is 1170. The summed E-state index contributed by atoms with van der Waals surface area (Å²) < 4.78 is 40.6. The Hall–Kier alpha value is -3.37. The lowest BCUT2D eigenvalue weighted by molar-refractivity contribution is -0.137. The van der Waals surface area contributed by atoms with Gasteiger partial charge in [-0.2, -0.15) is 23.4 Å². The van der Waals surface area contributed by atoms with Crippen molar-refractivity contribution in [2.45, 2.75) is 38.0 Å². The SMILES string of the molecule is C.CSc1nc(N)nc(N(C)[C@@H](C)C(=O)Cc2cc(C(=O)NCCN(C)C)cc(C(F)(F)F)c2)c1C#N. The summed E-state index contributed by atoms with van der Waals surface area (Å²) in [6.07, 6.45) is -3.36. The number of carbonyl (C=O) groups excluding carboxylic acids is 2. The molecule has 2 aromatic rings. The standard InChI is InChI=1S/C23H28F3N7O2S.CH4/c1-13(33(4)19-17(12-27)21(36-5)31-22(28)30-19)18(34)10-14-8-15(11-16(9-14)23(24,25)26)20(35)29-6-7-32(2)3;/h8-9,11,13H,6-7,10H2,1-5H3,(H,29,35)(H2,28,30,31);1H4/t13-;/m0./s1. The molecule has 37 heavy (non-hydrogen) atoms. The summed E-state index contributed by atoms with van der Waals surface area (Å²) in [7, 11) is 5.14. The molecule has 9 nitrogen and oxygen atoms in total. The number of nitrogens with one attached hydrogen (secondary N) is 1. The number of ketones is 1. The molecule has 202 valence electrons. The van der Waals surface area contributed by atoms with Crippen LogP contribution >= 0.6 is 11.8 Å². The second-order valence-electron chi connectivity index (χ2n) is 8.31. The summed E-state index contributed by atoms with van der Waals surface area (Å²) in [6.45, 7) is 2.30. The monoisotopic (exact) mass is 539 g/mol. The summed E-state index contributed by atoms with van der Waals surface area (Å²) in [4.78, 5) is 36.9. The molecule has 0 saturated carbocycles. The number of benzene rings is 1. The van der Waals surface area contributed by atoms with Crippen LogP contribution in [0.3, 0.4) is 0 Å². The van der Waals surface area contributed by atoms with E-state index in [1.165, 1.54) is 29.8 Å². The Morgan fingerprint density at radius 3 is 2.41 bits per heavy atom. The number of aromatic nitrogens is 2. The predicted molar refractivity (Wildman–Crippen MR) is 139 cm³/mol. The molecule has 0 saturated heterocycles. The number of nitrogens with two attached hydrogens (primary N) is 1. The van der Waals surface area contributed by atoms with Gasteiger partial charge in [0.2, 0.25) is 5.95 Å². The molecule has 3 N–H and O–H groups in total. The van der Waals surface area contributed by atoms with Crippen molar-refractivity contribution in [1.29, 1.82) is 5.26 Å². The number of alkyl halides is 3. The highest BCUT2D eigenvalue weighted by Crippen LogP contribution is 2.31. The van der Waals surface area contributed by atoms with Crippen molar-refractivity contribution in [3.63, 3.8) is 0 Å². The van der Waals surface area contributed by atoms with Crippen LogP contribution in [0, 0.1) is 11.3 Å². The van der Waals surface area contributed by atoms with Crippen LogP contribution in [-0.4, -0.2) is 73.1 Å². The Labute approximate surface area is 219 Å². The second-order valence-corrected chi connectivity index (χ2v) is 9.10. The Balaban J connectivity index is 0.00000684. The number of nitrogen functional groups attached to an aromatic ring is 1. The molecule has 2 rings (SSSR count). The van der Waals surface area contributed by atoms with Gasteiger partial charge in [0.25, 0.3) is 5.91 Å². The van der Waals surface area contributed by atoms with Gasteiger partial charge < -0.3 is 20.9 Å². The van der Waals surface area contributed by atoms with Gasteiger partial charge in [0.15, 0.2) is 11.6 Å². The van der Waals surface area contributed by atoms with E-state index in [-0.39, 0.29) is 48.8 Å². The molecule has 0 unspecified atom stereocenters. The first kappa shape index (κ1) is 31.7. The molecule has 0 aliphatic heterocycles. The Morgan fingerprint density at radius 1 is 1.22 bits per heavy atom. The molecule has 13 heteroatoms. The molecule has 1 aromatic carbocycles. The first-order valence-electron chi connectivity index (χ1n) is 10.8. The van der Waals surface area contributed by atoms with Crippen LogP contribution in [0.4, 0.5) is 24.9 Å². The molecule has 0 aliphatic rings. The van der Waals surface area contributed by atoms with Crippen molar-refractivity contribution in [3.05, 3.63) is 40.5 Å². The van der Waals surface area contributed by atoms with Gasteiger partial charge in [-0.05, 0) is 51.0 Å². The molecular weight excluding hydrogens is 507 g/mol. The Morgan fingerprint density at radius 2 is 1.86 bits per heavy atom. The molecule has 0 bridgehead atoms. The van der Waals surface area contributed by atoms with E-state index in [0.717, 1.165) is 12.1 Å². The minimum absolute atomic E-state index is 0. The third kappa shape index (κ3) is 8.33. The van der Waals surface area contributed by atoms with Crippen molar-refractivity contribution in [2.75, 3.05) is 51.1 Å². The number of hydrogen-bond acceptors (Lipinski definition) is 9. The van der Waals surface area contributed by atoms with Gasteiger partial charge in [0.1, 0.15) is 16.7 Å². The third-order valence-corrected chi connectivity index (χ3v) is 6.05. The lowest BCUT2D eigenvalue weighted by atomic mass is 9.98. The first-order chi connectivity index (χ1) is 16.8. The number of nitriles is 1.